The third-order valence-electron chi connectivity index (χ3n) is 4.43. The Morgan fingerprint density at radius 2 is 2.03 bits per heavy atom. The number of thiophene rings is 1. The molecule has 1 aromatic carbocycles. The lowest BCUT2D eigenvalue weighted by Gasteiger charge is -2.31. The molecule has 0 atom stereocenters. The first-order valence-electron chi connectivity index (χ1n) is 9.05. The van der Waals surface area contributed by atoms with E-state index in [2.05, 4.69) is 20.7 Å². The molecule has 0 aliphatic carbocycles. The SMILES string of the molecule is O=C(Cn1nnc(-c2cccs2)n1)Nc1cc(C(F)(F)F)ccc1N1CCOCC1. The minimum absolute atomic E-state index is 0.0790. The number of carbonyl (C=O) groups excluding carboxylic acids is 1. The summed E-state index contributed by atoms with van der Waals surface area (Å²) in [6.45, 7) is 1.68. The van der Waals surface area contributed by atoms with Gasteiger partial charge in [0, 0.05) is 13.1 Å². The van der Waals surface area contributed by atoms with E-state index in [9.17, 15) is 18.0 Å². The molecule has 4 rings (SSSR count). The van der Waals surface area contributed by atoms with E-state index >= 15 is 0 Å². The maximum atomic E-state index is 13.2. The van der Waals surface area contributed by atoms with Gasteiger partial charge in [0.2, 0.25) is 11.7 Å². The molecule has 158 valence electrons. The van der Waals surface area contributed by atoms with Crippen LogP contribution in [0.1, 0.15) is 5.56 Å². The minimum atomic E-state index is -4.52. The van der Waals surface area contributed by atoms with Crippen LogP contribution < -0.4 is 10.2 Å². The van der Waals surface area contributed by atoms with Gasteiger partial charge in [-0.15, -0.1) is 21.5 Å². The van der Waals surface area contributed by atoms with Crippen LogP contribution in [0.5, 0.6) is 0 Å². The first-order valence-corrected chi connectivity index (χ1v) is 9.93. The quantitative estimate of drug-likeness (QED) is 0.660. The number of hydrogen-bond acceptors (Lipinski definition) is 7. The molecule has 3 aromatic rings. The molecule has 1 N–H and O–H groups in total. The number of nitrogens with one attached hydrogen (secondary N) is 1. The maximum absolute atomic E-state index is 13.2. The van der Waals surface area contributed by atoms with Gasteiger partial charge in [-0.1, -0.05) is 6.07 Å². The van der Waals surface area contributed by atoms with Gasteiger partial charge in [-0.05, 0) is 34.9 Å². The third kappa shape index (κ3) is 4.60. The topological polar surface area (TPSA) is 85.2 Å². The molecule has 30 heavy (non-hydrogen) atoms. The molecule has 8 nitrogen and oxygen atoms in total. The molecule has 1 aliphatic rings. The number of alkyl halides is 3. The van der Waals surface area contributed by atoms with Crippen molar-refractivity contribution in [1.82, 2.24) is 20.2 Å². The lowest BCUT2D eigenvalue weighted by atomic mass is 10.1. The highest BCUT2D eigenvalue weighted by atomic mass is 32.1. The van der Waals surface area contributed by atoms with Crippen molar-refractivity contribution in [2.24, 2.45) is 0 Å². The summed E-state index contributed by atoms with van der Waals surface area (Å²) in [7, 11) is 0. The smallest absolute Gasteiger partial charge is 0.378 e. The zero-order chi connectivity index (χ0) is 21.1. The fourth-order valence-electron chi connectivity index (χ4n) is 3.03. The highest BCUT2D eigenvalue weighted by Crippen LogP contribution is 2.35. The number of morpholine rings is 1. The molecular formula is C18H17F3N6O2S. The third-order valence-corrected chi connectivity index (χ3v) is 5.29. The van der Waals surface area contributed by atoms with E-state index in [1.807, 2.05) is 22.4 Å². The zero-order valence-corrected chi connectivity index (χ0v) is 16.4. The highest BCUT2D eigenvalue weighted by Gasteiger charge is 2.32. The lowest BCUT2D eigenvalue weighted by Crippen LogP contribution is -2.37. The van der Waals surface area contributed by atoms with E-state index in [1.165, 1.54) is 17.4 Å². The molecular weight excluding hydrogens is 421 g/mol. The van der Waals surface area contributed by atoms with Crippen LogP contribution in [0.15, 0.2) is 35.7 Å². The van der Waals surface area contributed by atoms with Crippen LogP contribution in [0.2, 0.25) is 0 Å². The second kappa shape index (κ2) is 8.40. The van der Waals surface area contributed by atoms with Gasteiger partial charge >= 0.3 is 6.18 Å². The summed E-state index contributed by atoms with van der Waals surface area (Å²) in [6.07, 6.45) is -4.52. The molecule has 12 heteroatoms. The standard InChI is InChI=1S/C18H17F3N6O2S/c19-18(20,21)12-3-4-14(26-5-7-29-8-6-26)13(10-12)22-16(28)11-27-24-17(23-25-27)15-2-1-9-30-15/h1-4,9-10H,5-8,11H2,(H,22,28). The summed E-state index contributed by atoms with van der Waals surface area (Å²) in [6, 6.07) is 6.98. The Bertz CT molecular complexity index is 1020. The number of benzene rings is 1. The molecule has 3 heterocycles. The lowest BCUT2D eigenvalue weighted by molar-refractivity contribution is -0.137. The van der Waals surface area contributed by atoms with Crippen molar-refractivity contribution in [2.75, 3.05) is 36.5 Å². The number of carbonyl (C=O) groups is 1. The van der Waals surface area contributed by atoms with Crippen LogP contribution in [0.3, 0.4) is 0 Å². The Kier molecular flexibility index (Phi) is 5.68. The molecule has 0 bridgehead atoms. The van der Waals surface area contributed by atoms with Crippen molar-refractivity contribution in [3.8, 4) is 10.7 Å². The molecule has 2 aromatic heterocycles. The van der Waals surface area contributed by atoms with Gasteiger partial charge in [0.15, 0.2) is 0 Å². The number of ether oxygens (including phenoxy) is 1. The predicted molar refractivity (Wildman–Crippen MR) is 104 cm³/mol. The number of amides is 1. The van der Waals surface area contributed by atoms with Crippen LogP contribution in [0, 0.1) is 0 Å². The monoisotopic (exact) mass is 438 g/mol. The van der Waals surface area contributed by atoms with Crippen molar-refractivity contribution >= 4 is 28.6 Å². The number of anilines is 2. The van der Waals surface area contributed by atoms with Gasteiger partial charge in [-0.25, -0.2) is 0 Å². The van der Waals surface area contributed by atoms with E-state index in [-0.39, 0.29) is 12.2 Å². The number of nitrogens with zero attached hydrogens (tertiary/aromatic N) is 5. The van der Waals surface area contributed by atoms with Crippen LogP contribution in [0.25, 0.3) is 10.7 Å². The molecule has 0 radical (unpaired) electrons. The van der Waals surface area contributed by atoms with Crippen LogP contribution in [-0.4, -0.2) is 52.4 Å². The predicted octanol–water partition coefficient (Wildman–Crippen LogP) is 2.90. The Hall–Kier alpha value is -2.99. The summed E-state index contributed by atoms with van der Waals surface area (Å²) in [4.78, 5) is 16.3. The second-order valence-corrected chi connectivity index (χ2v) is 7.45. The molecule has 1 fully saturated rings. The Morgan fingerprint density at radius 1 is 1.23 bits per heavy atom. The van der Waals surface area contributed by atoms with Gasteiger partial charge in [-0.3, -0.25) is 4.79 Å². The second-order valence-electron chi connectivity index (χ2n) is 6.50. The summed E-state index contributed by atoms with van der Waals surface area (Å²) >= 11 is 1.43. The van der Waals surface area contributed by atoms with E-state index in [4.69, 9.17) is 4.74 Å². The normalized spacial score (nSPS) is 14.7. The van der Waals surface area contributed by atoms with Crippen molar-refractivity contribution in [1.29, 1.82) is 0 Å². The van der Waals surface area contributed by atoms with Gasteiger partial charge in [0.1, 0.15) is 6.54 Å². The van der Waals surface area contributed by atoms with Crippen LogP contribution in [0.4, 0.5) is 24.5 Å². The summed E-state index contributed by atoms with van der Waals surface area (Å²) < 4.78 is 44.9. The fourth-order valence-corrected chi connectivity index (χ4v) is 3.67. The van der Waals surface area contributed by atoms with Crippen LogP contribution in [-0.2, 0) is 22.3 Å². The Morgan fingerprint density at radius 3 is 2.73 bits per heavy atom. The van der Waals surface area contributed by atoms with E-state index in [0.717, 1.165) is 21.8 Å². The van der Waals surface area contributed by atoms with E-state index < -0.39 is 17.6 Å². The summed E-state index contributed by atoms with van der Waals surface area (Å²) in [5, 5.41) is 16.3. The first kappa shape index (κ1) is 20.3. The Labute approximate surface area is 173 Å². The first-order chi connectivity index (χ1) is 14.4. The molecule has 0 saturated carbocycles. The summed E-state index contributed by atoms with van der Waals surface area (Å²) in [5.74, 6) is -0.176. The molecule has 1 saturated heterocycles. The van der Waals surface area contributed by atoms with E-state index in [1.54, 1.807) is 0 Å². The van der Waals surface area contributed by atoms with Crippen molar-refractivity contribution < 1.29 is 22.7 Å². The zero-order valence-electron chi connectivity index (χ0n) is 15.6. The van der Waals surface area contributed by atoms with Crippen LogP contribution >= 0.6 is 11.3 Å². The highest BCUT2D eigenvalue weighted by molar-refractivity contribution is 7.13. The van der Waals surface area contributed by atoms with Crippen molar-refractivity contribution in [2.45, 2.75) is 12.7 Å². The maximum Gasteiger partial charge on any atom is 0.416 e. The van der Waals surface area contributed by atoms with Gasteiger partial charge in [0.25, 0.3) is 0 Å². The summed E-state index contributed by atoms with van der Waals surface area (Å²) in [5.41, 5.74) is -0.255. The molecule has 0 spiro atoms. The number of tetrazole rings is 1. The number of aromatic nitrogens is 4. The largest absolute Gasteiger partial charge is 0.416 e. The molecule has 1 amide bonds. The van der Waals surface area contributed by atoms with Crippen molar-refractivity contribution in [3.63, 3.8) is 0 Å². The average Bonchev–Trinajstić information content (AvgIpc) is 3.39. The van der Waals surface area contributed by atoms with Gasteiger partial charge in [-0.2, -0.15) is 18.0 Å². The average molecular weight is 438 g/mol. The van der Waals surface area contributed by atoms with Crippen molar-refractivity contribution in [3.05, 3.63) is 41.3 Å². The van der Waals surface area contributed by atoms with Gasteiger partial charge < -0.3 is 15.0 Å². The minimum Gasteiger partial charge on any atom is -0.378 e. The Balaban J connectivity index is 1.53. The molecule has 0 unspecified atom stereocenters. The van der Waals surface area contributed by atoms with Gasteiger partial charge in [0.05, 0.1) is 35.0 Å². The fraction of sp³-hybridized carbons (Fsp3) is 0.333. The number of hydrogen-bond donors (Lipinski definition) is 1. The number of rotatable bonds is 5. The van der Waals surface area contributed by atoms with E-state index in [0.29, 0.717) is 37.8 Å². The molecule has 1 aliphatic heterocycles. The number of halogens is 3.